The fraction of sp³-hybridized carbons (Fsp3) is 0.444. The first-order valence-corrected chi connectivity index (χ1v) is 15.7. The molecule has 7 heteroatoms. The minimum Gasteiger partial charge on any atom is -0.373 e. The largest absolute Gasteiger partial charge is 0.373 e. The number of hydrogen-bond donors (Lipinski definition) is 0. The molecule has 1 fully saturated rings. The second-order valence-electron chi connectivity index (χ2n) is 10.4. The van der Waals surface area contributed by atoms with E-state index in [0.717, 1.165) is 65.5 Å². The summed E-state index contributed by atoms with van der Waals surface area (Å²) in [5.74, 6) is 0.0478. The van der Waals surface area contributed by atoms with Crippen LogP contribution in [0.5, 0.6) is 0 Å². The van der Waals surface area contributed by atoms with Crippen molar-refractivity contribution in [2.45, 2.75) is 64.7 Å². The van der Waals surface area contributed by atoms with Gasteiger partial charge in [-0.05, 0) is 43.0 Å². The Morgan fingerprint density at radius 3 is 2.82 bits per heavy atom. The van der Waals surface area contributed by atoms with Gasteiger partial charge < -0.3 is 14.0 Å². The van der Waals surface area contributed by atoms with Gasteiger partial charge in [0.2, 0.25) is 0 Å². The van der Waals surface area contributed by atoms with Gasteiger partial charge in [0.05, 0.1) is 17.2 Å². The van der Waals surface area contributed by atoms with Gasteiger partial charge >= 0.3 is 0 Å². The van der Waals surface area contributed by atoms with E-state index in [1.165, 1.54) is 0 Å². The standard InChI is InChI=1S/C27H35N3O3Si/c1-19(2)23(31)15-20-8-6-9-21(14-20)26-25-22(24-10-7-11-33-24)16-30(27(25)29-17-28-26)18-32-12-13-34(3,4)5/h6,8-9,14,16-17,24H,1,7,10-13,15,18H2,2-5H3. The molecule has 6 nitrogen and oxygen atoms in total. The van der Waals surface area contributed by atoms with Crippen LogP contribution in [0.25, 0.3) is 22.3 Å². The summed E-state index contributed by atoms with van der Waals surface area (Å²) in [6.45, 7) is 14.6. The van der Waals surface area contributed by atoms with E-state index in [0.29, 0.717) is 18.7 Å². The summed E-state index contributed by atoms with van der Waals surface area (Å²) in [6.07, 6.45) is 6.14. The summed E-state index contributed by atoms with van der Waals surface area (Å²) >= 11 is 0. The predicted molar refractivity (Wildman–Crippen MR) is 139 cm³/mol. The Morgan fingerprint density at radius 2 is 2.12 bits per heavy atom. The summed E-state index contributed by atoms with van der Waals surface area (Å²) < 4.78 is 14.2. The normalized spacial score (nSPS) is 16.3. The third kappa shape index (κ3) is 5.71. The number of hydrogen-bond acceptors (Lipinski definition) is 5. The molecule has 0 saturated carbocycles. The van der Waals surface area contributed by atoms with Gasteiger partial charge in [-0.1, -0.05) is 44.4 Å². The number of allylic oxidation sites excluding steroid dienone is 1. The summed E-state index contributed by atoms with van der Waals surface area (Å²) in [6, 6.07) is 9.16. The molecule has 3 heterocycles. The minimum absolute atomic E-state index is 0.0312. The Hall–Kier alpha value is -2.61. The second-order valence-corrected chi connectivity index (χ2v) is 16.0. The van der Waals surface area contributed by atoms with E-state index in [9.17, 15) is 4.79 Å². The Morgan fingerprint density at radius 1 is 1.29 bits per heavy atom. The molecular formula is C27H35N3O3Si. The fourth-order valence-electron chi connectivity index (χ4n) is 4.24. The van der Waals surface area contributed by atoms with Crippen LogP contribution < -0.4 is 0 Å². The molecule has 1 atom stereocenters. The molecule has 180 valence electrons. The zero-order chi connectivity index (χ0) is 24.3. The van der Waals surface area contributed by atoms with Gasteiger partial charge in [0.1, 0.15) is 18.7 Å². The fourth-order valence-corrected chi connectivity index (χ4v) is 5.00. The third-order valence-corrected chi connectivity index (χ3v) is 7.93. The van der Waals surface area contributed by atoms with E-state index >= 15 is 0 Å². The molecule has 0 radical (unpaired) electrons. The van der Waals surface area contributed by atoms with Crippen molar-refractivity contribution in [3.8, 4) is 11.3 Å². The number of carbonyl (C=O) groups excluding carboxylic acids is 1. The van der Waals surface area contributed by atoms with Gasteiger partial charge in [0, 0.05) is 45.0 Å². The molecule has 0 N–H and O–H groups in total. The highest BCUT2D eigenvalue weighted by atomic mass is 28.3. The summed E-state index contributed by atoms with van der Waals surface area (Å²) in [5.41, 5.74) is 5.32. The van der Waals surface area contributed by atoms with Crippen LogP contribution in [0.15, 0.2) is 48.9 Å². The average Bonchev–Trinajstić information content (AvgIpc) is 3.44. The summed E-state index contributed by atoms with van der Waals surface area (Å²) in [5, 5.41) is 1.01. The number of benzene rings is 1. The number of aromatic nitrogens is 3. The maximum atomic E-state index is 12.2. The van der Waals surface area contributed by atoms with E-state index in [4.69, 9.17) is 9.47 Å². The first kappa shape index (κ1) is 24.5. The van der Waals surface area contributed by atoms with Crippen LogP contribution in [-0.4, -0.2) is 41.6 Å². The van der Waals surface area contributed by atoms with Crippen LogP contribution in [0.4, 0.5) is 0 Å². The Balaban J connectivity index is 1.71. The molecule has 0 amide bonds. The average molecular weight is 478 g/mol. The molecule has 1 aliphatic rings. The van der Waals surface area contributed by atoms with E-state index < -0.39 is 8.07 Å². The first-order valence-electron chi connectivity index (χ1n) is 12.0. The lowest BCUT2D eigenvalue weighted by molar-refractivity contribution is -0.114. The van der Waals surface area contributed by atoms with Crippen LogP contribution in [0.2, 0.25) is 25.7 Å². The van der Waals surface area contributed by atoms with Gasteiger partial charge in [-0.3, -0.25) is 4.79 Å². The molecule has 0 bridgehead atoms. The van der Waals surface area contributed by atoms with Crippen molar-refractivity contribution >= 4 is 24.9 Å². The Labute approximate surface area is 203 Å². The topological polar surface area (TPSA) is 66.2 Å². The van der Waals surface area contributed by atoms with Crippen molar-refractivity contribution in [1.82, 2.24) is 14.5 Å². The highest BCUT2D eigenvalue weighted by Crippen LogP contribution is 2.38. The van der Waals surface area contributed by atoms with Gasteiger partial charge in [-0.15, -0.1) is 0 Å². The smallest absolute Gasteiger partial charge is 0.162 e. The highest BCUT2D eigenvalue weighted by Gasteiger charge is 2.26. The molecule has 2 aromatic heterocycles. The van der Waals surface area contributed by atoms with E-state index in [2.05, 4.69) is 47.0 Å². The molecule has 34 heavy (non-hydrogen) atoms. The summed E-state index contributed by atoms with van der Waals surface area (Å²) in [4.78, 5) is 21.6. The number of fused-ring (bicyclic) bond motifs is 1. The zero-order valence-electron chi connectivity index (χ0n) is 20.8. The van der Waals surface area contributed by atoms with Crippen LogP contribution in [0.3, 0.4) is 0 Å². The predicted octanol–water partition coefficient (Wildman–Crippen LogP) is 5.95. The molecule has 1 unspecified atom stereocenters. The van der Waals surface area contributed by atoms with Crippen molar-refractivity contribution in [1.29, 1.82) is 0 Å². The maximum Gasteiger partial charge on any atom is 0.162 e. The monoisotopic (exact) mass is 477 g/mol. The Kier molecular flexibility index (Phi) is 7.45. The molecule has 1 saturated heterocycles. The van der Waals surface area contributed by atoms with Crippen molar-refractivity contribution in [3.63, 3.8) is 0 Å². The van der Waals surface area contributed by atoms with Crippen LogP contribution in [0.1, 0.15) is 37.0 Å². The molecule has 1 aromatic carbocycles. The quantitative estimate of drug-likeness (QED) is 0.205. The number of rotatable bonds is 10. The number of ketones is 1. The van der Waals surface area contributed by atoms with Crippen molar-refractivity contribution < 1.29 is 14.3 Å². The van der Waals surface area contributed by atoms with Crippen molar-refractivity contribution in [2.24, 2.45) is 0 Å². The lowest BCUT2D eigenvalue weighted by Crippen LogP contribution is -2.22. The molecule has 0 spiro atoms. The molecule has 3 aromatic rings. The van der Waals surface area contributed by atoms with Gasteiger partial charge in [-0.25, -0.2) is 9.97 Å². The second kappa shape index (κ2) is 10.3. The number of carbonyl (C=O) groups is 1. The Bertz CT molecular complexity index is 1190. The van der Waals surface area contributed by atoms with Crippen molar-refractivity contribution in [3.05, 3.63) is 60.1 Å². The lowest BCUT2D eigenvalue weighted by Gasteiger charge is -2.15. The van der Waals surface area contributed by atoms with Gasteiger partial charge in [0.25, 0.3) is 0 Å². The van der Waals surface area contributed by atoms with E-state index in [-0.39, 0.29) is 11.9 Å². The summed E-state index contributed by atoms with van der Waals surface area (Å²) in [7, 11) is -1.15. The molecule has 1 aliphatic heterocycles. The van der Waals surface area contributed by atoms with Gasteiger partial charge in [0.15, 0.2) is 5.78 Å². The molecule has 4 rings (SSSR count). The SMILES string of the molecule is C=C(C)C(=O)Cc1cccc(-c2ncnc3c2c(C2CCCO2)cn3COCC[Si](C)(C)C)c1. The molecule has 0 aliphatic carbocycles. The first-order chi connectivity index (χ1) is 16.2. The zero-order valence-corrected chi connectivity index (χ0v) is 21.8. The van der Waals surface area contributed by atoms with E-state index in [1.807, 2.05) is 24.3 Å². The van der Waals surface area contributed by atoms with Crippen molar-refractivity contribution in [2.75, 3.05) is 13.2 Å². The maximum absolute atomic E-state index is 12.2. The lowest BCUT2D eigenvalue weighted by atomic mass is 9.98. The van der Waals surface area contributed by atoms with E-state index in [1.54, 1.807) is 13.3 Å². The van der Waals surface area contributed by atoms with Crippen LogP contribution >= 0.6 is 0 Å². The highest BCUT2D eigenvalue weighted by molar-refractivity contribution is 6.76. The number of Topliss-reactive ketones (excluding diaryl/α,β-unsaturated/α-hetero) is 1. The van der Waals surface area contributed by atoms with Crippen LogP contribution in [0, 0.1) is 0 Å². The van der Waals surface area contributed by atoms with Crippen LogP contribution in [-0.2, 0) is 27.4 Å². The number of ether oxygens (including phenoxy) is 2. The third-order valence-electron chi connectivity index (χ3n) is 6.23. The number of nitrogens with zero attached hydrogens (tertiary/aromatic N) is 3. The minimum atomic E-state index is -1.15. The van der Waals surface area contributed by atoms with Gasteiger partial charge in [-0.2, -0.15) is 0 Å². The molecular weight excluding hydrogens is 442 g/mol.